The van der Waals surface area contributed by atoms with E-state index in [1.165, 1.54) is 0 Å². The molecule has 0 radical (unpaired) electrons. The molecule has 0 unspecified atom stereocenters. The van der Waals surface area contributed by atoms with Gasteiger partial charge in [-0.2, -0.15) is 0 Å². The third kappa shape index (κ3) is 3.05. The Balaban J connectivity index is 1.37. The highest BCUT2D eigenvalue weighted by atomic mass is 35.5. The monoisotopic (exact) mass is 343 g/mol. The van der Waals surface area contributed by atoms with Gasteiger partial charge in [0.2, 0.25) is 0 Å². The van der Waals surface area contributed by atoms with Crippen molar-refractivity contribution in [2.75, 3.05) is 41.8 Å². The van der Waals surface area contributed by atoms with Gasteiger partial charge in [-0.1, -0.05) is 17.7 Å². The average molecular weight is 344 g/mol. The maximum atomic E-state index is 12.1. The van der Waals surface area contributed by atoms with Gasteiger partial charge in [-0.3, -0.25) is 0 Å². The van der Waals surface area contributed by atoms with Gasteiger partial charge in [-0.05, 0) is 42.5 Å². The molecule has 2 heterocycles. The van der Waals surface area contributed by atoms with E-state index in [9.17, 15) is 4.79 Å². The number of nitrogens with one attached hydrogen (secondary N) is 2. The zero-order chi connectivity index (χ0) is 16.6. The van der Waals surface area contributed by atoms with Crippen LogP contribution in [0.3, 0.4) is 0 Å². The molecule has 0 aliphatic carbocycles. The number of rotatable bonds is 3. The molecule has 2 N–H and O–H groups in total. The maximum Gasteiger partial charge on any atom is 0.323 e. The molecule has 2 amide bonds. The van der Waals surface area contributed by atoms with Crippen LogP contribution in [0.25, 0.3) is 0 Å². The highest BCUT2D eigenvalue weighted by molar-refractivity contribution is 6.30. The minimum absolute atomic E-state index is 0.276. The second-order valence-corrected chi connectivity index (χ2v) is 6.92. The molecule has 2 aromatic carbocycles. The van der Waals surface area contributed by atoms with Crippen molar-refractivity contribution in [3.05, 3.63) is 53.6 Å². The number of benzene rings is 2. The zero-order valence-corrected chi connectivity index (χ0v) is 13.8. The summed E-state index contributed by atoms with van der Waals surface area (Å²) in [7, 11) is 0. The number of halogens is 1. The Hall–Kier alpha value is -2.24. The lowest BCUT2D eigenvalue weighted by molar-refractivity contribution is -0.127. The lowest BCUT2D eigenvalue weighted by Gasteiger charge is -2.56. The summed E-state index contributed by atoms with van der Waals surface area (Å²) in [5.41, 5.74) is 2.96. The van der Waals surface area contributed by atoms with Crippen molar-refractivity contribution in [2.24, 2.45) is 5.41 Å². The van der Waals surface area contributed by atoms with Crippen molar-refractivity contribution in [3.8, 4) is 0 Å². The number of urea groups is 1. The summed E-state index contributed by atoms with van der Waals surface area (Å²) in [5, 5.41) is 6.29. The van der Waals surface area contributed by atoms with Crippen LogP contribution in [0.15, 0.2) is 48.5 Å². The molecule has 2 aromatic rings. The molecule has 1 spiro atoms. The van der Waals surface area contributed by atoms with E-state index >= 15 is 0 Å². The highest BCUT2D eigenvalue weighted by Gasteiger charge is 2.49. The summed E-state index contributed by atoms with van der Waals surface area (Å²) < 4.78 is 5.30. The van der Waals surface area contributed by atoms with E-state index < -0.39 is 0 Å². The third-order valence-corrected chi connectivity index (χ3v) is 4.69. The molecule has 4 rings (SSSR count). The number of hydrogen-bond donors (Lipinski definition) is 2. The quantitative estimate of drug-likeness (QED) is 0.890. The van der Waals surface area contributed by atoms with E-state index in [1.54, 1.807) is 24.3 Å². The highest BCUT2D eigenvalue weighted by Crippen LogP contribution is 2.40. The predicted octanol–water partition coefficient (Wildman–Crippen LogP) is 3.82. The minimum atomic E-state index is -0.276. The fourth-order valence-electron chi connectivity index (χ4n) is 3.13. The number of hydrogen-bond acceptors (Lipinski definition) is 3. The molecular formula is C18H18ClN3O2. The Morgan fingerprint density at radius 1 is 1.04 bits per heavy atom. The lowest BCUT2D eigenvalue weighted by atomic mass is 9.78. The van der Waals surface area contributed by atoms with Crippen LogP contribution in [0.1, 0.15) is 0 Å². The molecule has 2 saturated heterocycles. The van der Waals surface area contributed by atoms with Crippen molar-refractivity contribution >= 4 is 34.7 Å². The summed E-state index contributed by atoms with van der Waals surface area (Å²) in [6.45, 7) is 3.77. The van der Waals surface area contributed by atoms with E-state index in [0.717, 1.165) is 37.7 Å². The van der Waals surface area contributed by atoms with Crippen molar-refractivity contribution in [1.82, 2.24) is 0 Å². The van der Waals surface area contributed by atoms with Gasteiger partial charge in [-0.15, -0.1) is 0 Å². The van der Waals surface area contributed by atoms with E-state index in [1.807, 2.05) is 18.2 Å². The number of nitrogens with zero attached hydrogens (tertiary/aromatic N) is 1. The van der Waals surface area contributed by atoms with Crippen molar-refractivity contribution < 1.29 is 9.53 Å². The molecule has 2 aliphatic rings. The molecule has 5 nitrogen and oxygen atoms in total. The molecule has 0 atom stereocenters. The van der Waals surface area contributed by atoms with Gasteiger partial charge in [0.1, 0.15) is 0 Å². The molecule has 0 aromatic heterocycles. The number of amides is 2. The summed E-state index contributed by atoms with van der Waals surface area (Å²) in [6, 6.07) is 14.6. The first-order chi connectivity index (χ1) is 11.6. The first kappa shape index (κ1) is 15.3. The average Bonchev–Trinajstić information content (AvgIpc) is 2.47. The Bertz CT molecular complexity index is 751. The van der Waals surface area contributed by atoms with Crippen LogP contribution < -0.4 is 15.5 Å². The standard InChI is InChI=1S/C18H18ClN3O2/c19-13-4-6-14(7-5-13)20-17(23)21-15-2-1-3-16(8-15)22-9-18(10-22)11-24-12-18/h1-8H,9-12H2,(H2,20,21,23). The van der Waals surface area contributed by atoms with Crippen LogP contribution in [0.5, 0.6) is 0 Å². The van der Waals surface area contributed by atoms with Gasteiger partial charge < -0.3 is 20.3 Å². The van der Waals surface area contributed by atoms with Gasteiger partial charge in [0.05, 0.1) is 18.6 Å². The van der Waals surface area contributed by atoms with Crippen molar-refractivity contribution in [1.29, 1.82) is 0 Å². The number of ether oxygens (including phenoxy) is 1. The number of carbonyl (C=O) groups is 1. The van der Waals surface area contributed by atoms with E-state index in [2.05, 4.69) is 21.6 Å². The molecule has 0 bridgehead atoms. The zero-order valence-electron chi connectivity index (χ0n) is 13.1. The Morgan fingerprint density at radius 3 is 2.42 bits per heavy atom. The van der Waals surface area contributed by atoms with Gasteiger partial charge in [0.25, 0.3) is 0 Å². The Kier molecular flexibility index (Phi) is 3.82. The molecule has 2 aliphatic heterocycles. The summed E-state index contributed by atoms with van der Waals surface area (Å²) >= 11 is 5.84. The molecule has 24 heavy (non-hydrogen) atoms. The second kappa shape index (κ2) is 6.00. The van der Waals surface area contributed by atoms with Gasteiger partial charge in [0, 0.05) is 35.2 Å². The fraction of sp³-hybridized carbons (Fsp3) is 0.278. The van der Waals surface area contributed by atoms with Crippen LogP contribution in [0, 0.1) is 5.41 Å². The molecule has 6 heteroatoms. The molecule has 0 saturated carbocycles. The van der Waals surface area contributed by atoms with Crippen LogP contribution in [0.2, 0.25) is 5.02 Å². The summed E-state index contributed by atoms with van der Waals surface area (Å²) in [4.78, 5) is 14.4. The summed E-state index contributed by atoms with van der Waals surface area (Å²) in [6.07, 6.45) is 0. The van der Waals surface area contributed by atoms with Crippen LogP contribution in [-0.2, 0) is 4.74 Å². The molecule has 2 fully saturated rings. The third-order valence-electron chi connectivity index (χ3n) is 4.44. The number of anilines is 3. The molecule has 124 valence electrons. The molecular weight excluding hydrogens is 326 g/mol. The van der Waals surface area contributed by atoms with Crippen LogP contribution in [0.4, 0.5) is 21.9 Å². The second-order valence-electron chi connectivity index (χ2n) is 6.49. The SMILES string of the molecule is O=C(Nc1ccc(Cl)cc1)Nc1cccc(N2CC3(COC3)C2)c1. The largest absolute Gasteiger partial charge is 0.380 e. The Labute approximate surface area is 145 Å². The van der Waals surface area contributed by atoms with Gasteiger partial charge in [-0.25, -0.2) is 4.79 Å². The van der Waals surface area contributed by atoms with Gasteiger partial charge >= 0.3 is 6.03 Å². The van der Waals surface area contributed by atoms with Crippen molar-refractivity contribution in [3.63, 3.8) is 0 Å². The summed E-state index contributed by atoms with van der Waals surface area (Å²) in [5.74, 6) is 0. The van der Waals surface area contributed by atoms with E-state index in [4.69, 9.17) is 16.3 Å². The first-order valence-corrected chi connectivity index (χ1v) is 8.26. The van der Waals surface area contributed by atoms with E-state index in [-0.39, 0.29) is 6.03 Å². The maximum absolute atomic E-state index is 12.1. The predicted molar refractivity (Wildman–Crippen MR) is 96.0 cm³/mol. The van der Waals surface area contributed by atoms with Crippen molar-refractivity contribution in [2.45, 2.75) is 0 Å². The van der Waals surface area contributed by atoms with Crippen LogP contribution in [-0.4, -0.2) is 32.3 Å². The van der Waals surface area contributed by atoms with Crippen LogP contribution >= 0.6 is 11.6 Å². The fourth-order valence-corrected chi connectivity index (χ4v) is 3.25. The van der Waals surface area contributed by atoms with E-state index in [0.29, 0.717) is 16.1 Å². The lowest BCUT2D eigenvalue weighted by Crippen LogP contribution is -2.66. The number of carbonyl (C=O) groups excluding carboxylic acids is 1. The topological polar surface area (TPSA) is 53.6 Å². The Morgan fingerprint density at radius 2 is 1.75 bits per heavy atom. The first-order valence-electron chi connectivity index (χ1n) is 7.88. The minimum Gasteiger partial charge on any atom is -0.380 e. The smallest absolute Gasteiger partial charge is 0.323 e. The normalized spacial score (nSPS) is 17.8. The van der Waals surface area contributed by atoms with Gasteiger partial charge in [0.15, 0.2) is 0 Å².